The fraction of sp³-hybridized carbons (Fsp3) is 0.500. The molecule has 0 saturated heterocycles. The second kappa shape index (κ2) is 34.5. The Morgan fingerprint density at radius 2 is 1.18 bits per heavy atom. The third kappa shape index (κ3) is 1110. The quantitative estimate of drug-likeness (QED) is 0.461. The predicted octanol–water partition coefficient (Wildman–Crippen LogP) is 0.320. The van der Waals surface area contributed by atoms with Gasteiger partial charge < -0.3 is 14.7 Å². The molecule has 0 rings (SSSR count). The van der Waals surface area contributed by atoms with Gasteiger partial charge in [0.1, 0.15) is 0 Å². The van der Waals surface area contributed by atoms with Crippen LogP contribution in [0.25, 0.3) is 0 Å². The molecule has 1 N–H and O–H groups in total. The molecule has 69 valence electrons. The van der Waals surface area contributed by atoms with Crippen molar-refractivity contribution in [1.29, 1.82) is 0 Å². The molecule has 0 unspecified atom stereocenters. The van der Waals surface area contributed by atoms with Crippen LogP contribution >= 0.6 is 0 Å². The third-order valence-corrected chi connectivity index (χ3v) is 0. The molecule has 0 spiro atoms. The Balaban J connectivity index is -0.0000000325. The summed E-state index contributed by atoms with van der Waals surface area (Å²) in [7, 11) is 0. The van der Waals surface area contributed by atoms with E-state index in [-0.39, 0.29) is 17.1 Å². The maximum atomic E-state index is 9.00. The van der Waals surface area contributed by atoms with E-state index in [2.05, 4.69) is 0 Å². The van der Waals surface area contributed by atoms with Crippen LogP contribution in [0.2, 0.25) is 0 Å². The minimum atomic E-state index is -0.833. The number of aliphatic carboxylic acids is 1. The van der Waals surface area contributed by atoms with E-state index in [4.69, 9.17) is 19.5 Å². The van der Waals surface area contributed by atoms with Crippen molar-refractivity contribution in [2.24, 2.45) is 0 Å². The van der Waals surface area contributed by atoms with Crippen LogP contribution in [0.4, 0.5) is 0 Å². The van der Waals surface area contributed by atoms with Crippen molar-refractivity contribution in [1.82, 2.24) is 0 Å². The van der Waals surface area contributed by atoms with Crippen molar-refractivity contribution in [2.45, 2.75) is 20.8 Å². The van der Waals surface area contributed by atoms with Crippen molar-refractivity contribution in [3.05, 3.63) is 0 Å². The SMILES string of the molecule is CC(=O)O.C[C-]=O.C[C-]=O.[Cu+2]. The van der Waals surface area contributed by atoms with E-state index in [1.165, 1.54) is 26.4 Å². The summed E-state index contributed by atoms with van der Waals surface area (Å²) in [5.74, 6) is -0.833. The monoisotopic (exact) mass is 209 g/mol. The van der Waals surface area contributed by atoms with E-state index in [0.29, 0.717) is 0 Å². The van der Waals surface area contributed by atoms with Gasteiger partial charge in [0.2, 0.25) is 0 Å². The fourth-order valence-electron chi connectivity index (χ4n) is 0. The molecule has 0 aromatic rings. The number of carboxylic acid groups (broad SMARTS) is 1. The molecule has 0 amide bonds. The number of hydrogen-bond donors (Lipinski definition) is 1. The molecule has 0 fully saturated rings. The van der Waals surface area contributed by atoms with Gasteiger partial charge in [-0.25, -0.2) is 0 Å². The number of carboxylic acids is 1. The Morgan fingerprint density at radius 1 is 1.18 bits per heavy atom. The largest absolute Gasteiger partial charge is 2.00 e. The summed E-state index contributed by atoms with van der Waals surface area (Å²) >= 11 is 0. The molecule has 0 aliphatic heterocycles. The molecule has 0 saturated carbocycles. The van der Waals surface area contributed by atoms with Gasteiger partial charge in [-0.2, -0.15) is 13.8 Å². The molecule has 4 nitrogen and oxygen atoms in total. The van der Waals surface area contributed by atoms with Crippen molar-refractivity contribution in [2.75, 3.05) is 0 Å². The van der Waals surface area contributed by atoms with Crippen LogP contribution in [-0.2, 0) is 31.5 Å². The molecule has 0 aliphatic rings. The molecular weight excluding hydrogens is 200 g/mol. The average Bonchev–Trinajstić information content (AvgIpc) is 1.65. The maximum Gasteiger partial charge on any atom is 2.00 e. The minimum Gasteiger partial charge on any atom is -0.542 e. The van der Waals surface area contributed by atoms with E-state index in [1.54, 1.807) is 0 Å². The van der Waals surface area contributed by atoms with Crippen LogP contribution in [0.5, 0.6) is 0 Å². The molecular formula is C6H10CuO4. The van der Waals surface area contributed by atoms with Crippen molar-refractivity contribution < 1.29 is 36.6 Å². The van der Waals surface area contributed by atoms with Crippen LogP contribution in [0.3, 0.4) is 0 Å². The zero-order chi connectivity index (χ0) is 8.99. The standard InChI is InChI=1S/C2H4O2.2C2H3O.Cu/c1-2(3)4;2*1-2-3;/h1H3,(H,3,4);2*1H3;/q;2*-1;+2. The predicted molar refractivity (Wildman–Crippen MR) is 36.0 cm³/mol. The molecule has 0 atom stereocenters. The molecule has 1 radical (unpaired) electrons. The summed E-state index contributed by atoms with van der Waals surface area (Å²) in [5, 5.41) is 7.42. The fourth-order valence-corrected chi connectivity index (χ4v) is 0. The number of rotatable bonds is 0. The minimum absolute atomic E-state index is 0. The van der Waals surface area contributed by atoms with Gasteiger partial charge in [-0.3, -0.25) is 17.4 Å². The zero-order valence-electron chi connectivity index (χ0n) is 6.47. The Hall–Kier alpha value is -0.671. The molecule has 0 heterocycles. The first-order valence-electron chi connectivity index (χ1n) is 2.34. The van der Waals surface area contributed by atoms with Crippen LogP contribution in [0, 0.1) is 0 Å². The number of carbonyl (C=O) groups is 1. The van der Waals surface area contributed by atoms with Crippen LogP contribution in [0.1, 0.15) is 20.8 Å². The van der Waals surface area contributed by atoms with E-state index < -0.39 is 5.97 Å². The normalized spacial score (nSPS) is 4.64. The first-order chi connectivity index (χ1) is 4.56. The maximum absolute atomic E-state index is 9.00. The Morgan fingerprint density at radius 3 is 1.18 bits per heavy atom. The second-order valence-electron chi connectivity index (χ2n) is 0.927. The van der Waals surface area contributed by atoms with E-state index in [0.717, 1.165) is 6.92 Å². The second-order valence-corrected chi connectivity index (χ2v) is 0.927. The van der Waals surface area contributed by atoms with Crippen molar-refractivity contribution in [3.8, 4) is 0 Å². The first-order valence-corrected chi connectivity index (χ1v) is 2.34. The summed E-state index contributed by atoms with van der Waals surface area (Å²) in [6, 6.07) is 0. The summed E-state index contributed by atoms with van der Waals surface area (Å²) in [4.78, 5) is 26.4. The Labute approximate surface area is 76.5 Å². The molecule has 0 aromatic heterocycles. The van der Waals surface area contributed by atoms with Gasteiger partial charge in [-0.15, -0.1) is 0 Å². The van der Waals surface area contributed by atoms with Crippen LogP contribution in [0.15, 0.2) is 0 Å². The smallest absolute Gasteiger partial charge is 0.542 e. The van der Waals surface area contributed by atoms with Gasteiger partial charge in [0, 0.05) is 6.92 Å². The summed E-state index contributed by atoms with van der Waals surface area (Å²) < 4.78 is 0. The van der Waals surface area contributed by atoms with Crippen molar-refractivity contribution in [3.63, 3.8) is 0 Å². The third-order valence-electron chi connectivity index (χ3n) is 0. The van der Waals surface area contributed by atoms with Crippen LogP contribution < -0.4 is 0 Å². The first kappa shape index (κ1) is 22.4. The van der Waals surface area contributed by atoms with E-state index in [9.17, 15) is 0 Å². The molecule has 0 bridgehead atoms. The average molecular weight is 210 g/mol. The van der Waals surface area contributed by atoms with Gasteiger partial charge in [0.05, 0.1) is 0 Å². The molecule has 11 heavy (non-hydrogen) atoms. The van der Waals surface area contributed by atoms with Gasteiger partial charge >= 0.3 is 17.1 Å². The Bertz CT molecular complexity index is 82.6. The Kier molecular flexibility index (Phi) is 70.5. The van der Waals surface area contributed by atoms with Crippen LogP contribution in [-0.4, -0.2) is 23.6 Å². The number of hydrogen-bond acceptors (Lipinski definition) is 3. The van der Waals surface area contributed by atoms with Gasteiger partial charge in [-0.1, -0.05) is 0 Å². The van der Waals surface area contributed by atoms with E-state index in [1.807, 2.05) is 0 Å². The number of carbonyl (C=O) groups excluding carboxylic acids is 2. The summed E-state index contributed by atoms with van der Waals surface area (Å²) in [6.07, 6.45) is 3.00. The zero-order valence-corrected chi connectivity index (χ0v) is 7.42. The topological polar surface area (TPSA) is 71.4 Å². The molecule has 5 heteroatoms. The summed E-state index contributed by atoms with van der Waals surface area (Å²) in [5.41, 5.74) is 0. The van der Waals surface area contributed by atoms with Crippen molar-refractivity contribution >= 4 is 18.5 Å². The molecule has 0 aliphatic carbocycles. The van der Waals surface area contributed by atoms with Gasteiger partial charge in [-0.05, 0) is 0 Å². The molecule has 0 aromatic carbocycles. The van der Waals surface area contributed by atoms with Gasteiger partial charge in [0.15, 0.2) is 0 Å². The van der Waals surface area contributed by atoms with Gasteiger partial charge in [0.25, 0.3) is 5.97 Å². The van der Waals surface area contributed by atoms with E-state index >= 15 is 0 Å². The summed E-state index contributed by atoms with van der Waals surface area (Å²) in [6.45, 7) is 3.72.